The molecule has 2 heterocycles. The van der Waals surface area contributed by atoms with E-state index in [-0.39, 0.29) is 11.1 Å². The Hall–Kier alpha value is -1.69. The molecule has 1 N–H and O–H groups in total. The zero-order valence-electron chi connectivity index (χ0n) is 10.8. The minimum absolute atomic E-state index is 0.143. The van der Waals surface area contributed by atoms with Crippen LogP contribution in [0, 0.1) is 6.92 Å². The molecule has 0 aromatic carbocycles. The predicted octanol–water partition coefficient (Wildman–Crippen LogP) is 1.10. The van der Waals surface area contributed by atoms with Gasteiger partial charge in [0.2, 0.25) is 5.95 Å². The molecule has 0 bridgehead atoms. The van der Waals surface area contributed by atoms with Crippen LogP contribution in [0.25, 0.3) is 0 Å². The maximum absolute atomic E-state index is 10.9. The van der Waals surface area contributed by atoms with Gasteiger partial charge in [0.1, 0.15) is 0 Å². The molecule has 0 spiro atoms. The quantitative estimate of drug-likeness (QED) is 0.848. The lowest BCUT2D eigenvalue weighted by atomic mass is 10.0. The Morgan fingerprint density at radius 3 is 2.83 bits per heavy atom. The fourth-order valence-corrected chi connectivity index (χ4v) is 2.02. The van der Waals surface area contributed by atoms with Crippen LogP contribution in [-0.2, 0) is 4.74 Å². The number of morpholine rings is 1. The van der Waals surface area contributed by atoms with Gasteiger partial charge in [0, 0.05) is 12.7 Å². The van der Waals surface area contributed by atoms with Crippen LogP contribution >= 0.6 is 0 Å². The van der Waals surface area contributed by atoms with Crippen molar-refractivity contribution in [2.75, 3.05) is 24.7 Å². The SMILES string of the molecule is Cc1nc(N2CCOCC2(C)C)ncc1C(=O)O. The first kappa shape index (κ1) is 12.8. The van der Waals surface area contributed by atoms with E-state index in [1.807, 2.05) is 0 Å². The molecule has 1 aliphatic heterocycles. The van der Waals surface area contributed by atoms with Gasteiger partial charge in [-0.05, 0) is 20.8 Å². The molecule has 6 heteroatoms. The fourth-order valence-electron chi connectivity index (χ4n) is 2.02. The molecule has 18 heavy (non-hydrogen) atoms. The van der Waals surface area contributed by atoms with Gasteiger partial charge in [0.25, 0.3) is 0 Å². The van der Waals surface area contributed by atoms with Gasteiger partial charge in [-0.2, -0.15) is 0 Å². The van der Waals surface area contributed by atoms with Gasteiger partial charge in [0.05, 0.1) is 30.0 Å². The van der Waals surface area contributed by atoms with Crippen molar-refractivity contribution in [2.24, 2.45) is 0 Å². The predicted molar refractivity (Wildman–Crippen MR) is 66.0 cm³/mol. The summed E-state index contributed by atoms with van der Waals surface area (Å²) in [6.45, 7) is 7.73. The summed E-state index contributed by atoms with van der Waals surface area (Å²) in [6, 6.07) is 0. The Balaban J connectivity index is 2.34. The molecule has 1 fully saturated rings. The fraction of sp³-hybridized carbons (Fsp3) is 0.583. The number of nitrogens with zero attached hydrogens (tertiary/aromatic N) is 3. The molecular formula is C12H17N3O3. The number of aryl methyl sites for hydroxylation is 1. The summed E-state index contributed by atoms with van der Waals surface area (Å²) in [6.07, 6.45) is 1.37. The average molecular weight is 251 g/mol. The largest absolute Gasteiger partial charge is 0.478 e. The van der Waals surface area contributed by atoms with E-state index < -0.39 is 5.97 Å². The van der Waals surface area contributed by atoms with E-state index in [2.05, 4.69) is 28.7 Å². The van der Waals surface area contributed by atoms with Crippen LogP contribution in [0.5, 0.6) is 0 Å². The topological polar surface area (TPSA) is 75.5 Å². The van der Waals surface area contributed by atoms with Gasteiger partial charge in [-0.1, -0.05) is 0 Å². The second-order valence-corrected chi connectivity index (χ2v) is 4.99. The monoisotopic (exact) mass is 251 g/mol. The molecule has 0 amide bonds. The smallest absolute Gasteiger partial charge is 0.339 e. The zero-order chi connectivity index (χ0) is 13.3. The summed E-state index contributed by atoms with van der Waals surface area (Å²) in [4.78, 5) is 21.4. The van der Waals surface area contributed by atoms with Crippen molar-refractivity contribution in [2.45, 2.75) is 26.3 Å². The van der Waals surface area contributed by atoms with E-state index in [0.717, 1.165) is 0 Å². The van der Waals surface area contributed by atoms with Gasteiger partial charge >= 0.3 is 5.97 Å². The lowest BCUT2D eigenvalue weighted by molar-refractivity contribution is 0.0632. The van der Waals surface area contributed by atoms with E-state index in [1.54, 1.807) is 6.92 Å². The van der Waals surface area contributed by atoms with Crippen molar-refractivity contribution >= 4 is 11.9 Å². The van der Waals surface area contributed by atoms with Crippen LogP contribution in [-0.4, -0.2) is 46.3 Å². The highest BCUT2D eigenvalue weighted by molar-refractivity contribution is 5.88. The summed E-state index contributed by atoms with van der Waals surface area (Å²) in [7, 11) is 0. The normalized spacial score (nSPS) is 18.7. The lowest BCUT2D eigenvalue weighted by Gasteiger charge is -2.42. The van der Waals surface area contributed by atoms with Gasteiger partial charge in [-0.15, -0.1) is 0 Å². The lowest BCUT2D eigenvalue weighted by Crippen LogP contribution is -2.54. The van der Waals surface area contributed by atoms with Crippen molar-refractivity contribution in [3.63, 3.8) is 0 Å². The Labute approximate surface area is 106 Å². The third-order valence-electron chi connectivity index (χ3n) is 3.08. The molecule has 6 nitrogen and oxygen atoms in total. The molecule has 2 rings (SSSR count). The minimum atomic E-state index is -1.000. The number of carboxylic acid groups (broad SMARTS) is 1. The molecule has 1 aliphatic rings. The first-order chi connectivity index (χ1) is 8.42. The summed E-state index contributed by atoms with van der Waals surface area (Å²) < 4.78 is 5.44. The van der Waals surface area contributed by atoms with Crippen molar-refractivity contribution < 1.29 is 14.6 Å². The number of ether oxygens (including phenoxy) is 1. The summed E-state index contributed by atoms with van der Waals surface area (Å²) >= 11 is 0. The summed E-state index contributed by atoms with van der Waals surface area (Å²) in [5.41, 5.74) is 0.440. The first-order valence-electron chi connectivity index (χ1n) is 5.84. The summed E-state index contributed by atoms with van der Waals surface area (Å²) in [5.74, 6) is -0.439. The second kappa shape index (κ2) is 4.53. The number of hydrogen-bond donors (Lipinski definition) is 1. The van der Waals surface area contributed by atoms with Gasteiger partial charge in [-0.3, -0.25) is 0 Å². The van der Waals surface area contributed by atoms with Gasteiger partial charge in [0.15, 0.2) is 0 Å². The Morgan fingerprint density at radius 2 is 2.28 bits per heavy atom. The van der Waals surface area contributed by atoms with Gasteiger partial charge in [-0.25, -0.2) is 14.8 Å². The van der Waals surface area contributed by atoms with Gasteiger partial charge < -0.3 is 14.7 Å². The standard InChI is InChI=1S/C12H17N3O3/c1-8-9(10(16)17)6-13-11(14-8)15-4-5-18-7-12(15,2)3/h6H,4-5,7H2,1-3H3,(H,16,17). The number of carbonyl (C=O) groups is 1. The Morgan fingerprint density at radius 1 is 1.56 bits per heavy atom. The van der Waals surface area contributed by atoms with Crippen molar-refractivity contribution in [1.82, 2.24) is 9.97 Å². The number of aromatic nitrogens is 2. The highest BCUT2D eigenvalue weighted by Crippen LogP contribution is 2.24. The molecule has 0 aliphatic carbocycles. The molecule has 0 saturated carbocycles. The molecule has 98 valence electrons. The van der Waals surface area contributed by atoms with Crippen molar-refractivity contribution in [3.8, 4) is 0 Å². The van der Waals surface area contributed by atoms with Crippen LogP contribution in [0.2, 0.25) is 0 Å². The molecule has 1 saturated heterocycles. The number of carboxylic acids is 1. The third kappa shape index (κ3) is 2.28. The van der Waals surface area contributed by atoms with E-state index >= 15 is 0 Å². The van der Waals surface area contributed by atoms with Crippen LogP contribution in [0.3, 0.4) is 0 Å². The number of anilines is 1. The molecule has 1 aromatic heterocycles. The second-order valence-electron chi connectivity index (χ2n) is 4.99. The van der Waals surface area contributed by atoms with Crippen LogP contribution in [0.1, 0.15) is 29.9 Å². The molecular weight excluding hydrogens is 234 g/mol. The van der Waals surface area contributed by atoms with E-state index in [4.69, 9.17) is 9.84 Å². The summed E-state index contributed by atoms with van der Waals surface area (Å²) in [5, 5.41) is 8.96. The molecule has 0 unspecified atom stereocenters. The van der Waals surface area contributed by atoms with Crippen LogP contribution in [0.4, 0.5) is 5.95 Å². The highest BCUT2D eigenvalue weighted by atomic mass is 16.5. The maximum Gasteiger partial charge on any atom is 0.339 e. The van der Waals surface area contributed by atoms with E-state index in [0.29, 0.717) is 31.4 Å². The highest BCUT2D eigenvalue weighted by Gasteiger charge is 2.32. The molecule has 0 radical (unpaired) electrons. The Kier molecular flexibility index (Phi) is 3.21. The first-order valence-corrected chi connectivity index (χ1v) is 5.84. The Bertz CT molecular complexity index is 474. The minimum Gasteiger partial charge on any atom is -0.478 e. The number of rotatable bonds is 2. The number of hydrogen-bond acceptors (Lipinski definition) is 5. The number of aromatic carboxylic acids is 1. The average Bonchev–Trinajstić information content (AvgIpc) is 2.27. The van der Waals surface area contributed by atoms with Crippen molar-refractivity contribution in [3.05, 3.63) is 17.5 Å². The third-order valence-corrected chi connectivity index (χ3v) is 3.08. The van der Waals surface area contributed by atoms with Crippen LogP contribution < -0.4 is 4.90 Å². The van der Waals surface area contributed by atoms with E-state index in [1.165, 1.54) is 6.20 Å². The maximum atomic E-state index is 10.9. The van der Waals surface area contributed by atoms with Crippen LogP contribution in [0.15, 0.2) is 6.20 Å². The zero-order valence-corrected chi connectivity index (χ0v) is 10.8. The molecule has 1 aromatic rings. The molecule has 0 atom stereocenters. The van der Waals surface area contributed by atoms with Crippen molar-refractivity contribution in [1.29, 1.82) is 0 Å². The van der Waals surface area contributed by atoms with E-state index in [9.17, 15) is 4.79 Å².